The van der Waals surface area contributed by atoms with Crippen molar-refractivity contribution in [1.82, 2.24) is 0 Å². The van der Waals surface area contributed by atoms with Crippen molar-refractivity contribution in [1.29, 1.82) is 0 Å². The first-order valence-corrected chi connectivity index (χ1v) is 5.42. The van der Waals surface area contributed by atoms with Gasteiger partial charge in [-0.25, -0.2) is 4.79 Å². The fourth-order valence-electron chi connectivity index (χ4n) is 2.02. The number of carboxylic acids is 1. The molecule has 1 N–H and O–H groups in total. The first kappa shape index (κ1) is 9.51. The summed E-state index contributed by atoms with van der Waals surface area (Å²) >= 11 is 0. The van der Waals surface area contributed by atoms with Crippen LogP contribution in [0, 0.1) is 0 Å². The highest BCUT2D eigenvalue weighted by Crippen LogP contribution is 2.45. The normalized spacial score (nSPS) is 18.2. The van der Waals surface area contributed by atoms with Gasteiger partial charge in [-0.15, -0.1) is 0 Å². The van der Waals surface area contributed by atoms with Crippen LogP contribution in [0.1, 0.15) is 34.7 Å². The van der Waals surface area contributed by atoms with Crippen LogP contribution in [-0.4, -0.2) is 24.3 Å². The lowest BCUT2D eigenvalue weighted by Crippen LogP contribution is -2.16. The van der Waals surface area contributed by atoms with Crippen LogP contribution in [0.3, 0.4) is 0 Å². The lowest BCUT2D eigenvalue weighted by atomic mass is 10.0. The van der Waals surface area contributed by atoms with Crippen molar-refractivity contribution in [3.05, 3.63) is 23.3 Å². The van der Waals surface area contributed by atoms with Crippen molar-refractivity contribution >= 4 is 5.97 Å². The van der Waals surface area contributed by atoms with Crippen LogP contribution in [0.5, 0.6) is 11.5 Å². The molecule has 1 aliphatic carbocycles. The summed E-state index contributed by atoms with van der Waals surface area (Å²) in [6.07, 6.45) is 2.14. The van der Waals surface area contributed by atoms with Gasteiger partial charge in [-0.1, -0.05) is 0 Å². The summed E-state index contributed by atoms with van der Waals surface area (Å²) in [6, 6.07) is 3.42. The fraction of sp³-hybridized carbons (Fsp3) is 0.417. The van der Waals surface area contributed by atoms with Crippen molar-refractivity contribution in [3.8, 4) is 11.5 Å². The Morgan fingerprint density at radius 3 is 2.38 bits per heavy atom. The molecule has 0 aromatic heterocycles. The summed E-state index contributed by atoms with van der Waals surface area (Å²) in [5.74, 6) is 0.729. The molecule has 0 amide bonds. The molecule has 1 saturated carbocycles. The van der Waals surface area contributed by atoms with Gasteiger partial charge >= 0.3 is 5.97 Å². The molecule has 3 rings (SSSR count). The summed E-state index contributed by atoms with van der Waals surface area (Å²) in [5, 5.41) is 9.15. The Bertz CT molecular complexity index is 449. The number of rotatable bonds is 2. The number of ether oxygens (including phenoxy) is 2. The van der Waals surface area contributed by atoms with Crippen molar-refractivity contribution < 1.29 is 19.4 Å². The largest absolute Gasteiger partial charge is 0.486 e. The molecular formula is C12H12O4. The summed E-state index contributed by atoms with van der Waals surface area (Å²) in [4.78, 5) is 11.1. The molecule has 84 valence electrons. The molecule has 4 nitrogen and oxygen atoms in total. The predicted octanol–water partition coefficient (Wildman–Crippen LogP) is 2.03. The molecule has 1 aromatic rings. The van der Waals surface area contributed by atoms with E-state index in [4.69, 9.17) is 14.6 Å². The van der Waals surface area contributed by atoms with Crippen LogP contribution in [0.25, 0.3) is 0 Å². The van der Waals surface area contributed by atoms with Gasteiger partial charge < -0.3 is 14.6 Å². The Morgan fingerprint density at radius 1 is 1.19 bits per heavy atom. The molecule has 4 heteroatoms. The average Bonchev–Trinajstić information content (AvgIpc) is 3.11. The van der Waals surface area contributed by atoms with Gasteiger partial charge in [-0.3, -0.25) is 0 Å². The molecule has 1 aliphatic heterocycles. The zero-order valence-electron chi connectivity index (χ0n) is 8.73. The third-order valence-electron chi connectivity index (χ3n) is 2.96. The topological polar surface area (TPSA) is 55.8 Å². The Labute approximate surface area is 92.8 Å². The Balaban J connectivity index is 2.11. The third-order valence-corrected chi connectivity index (χ3v) is 2.96. The van der Waals surface area contributed by atoms with Crippen LogP contribution in [0.4, 0.5) is 0 Å². The molecule has 0 unspecified atom stereocenters. The minimum Gasteiger partial charge on any atom is -0.486 e. The molecule has 1 fully saturated rings. The summed E-state index contributed by atoms with van der Waals surface area (Å²) in [6.45, 7) is 1.01. The summed E-state index contributed by atoms with van der Waals surface area (Å²) < 4.78 is 10.8. The van der Waals surface area contributed by atoms with E-state index in [1.165, 1.54) is 0 Å². The van der Waals surface area contributed by atoms with Crippen molar-refractivity contribution in [2.45, 2.75) is 18.8 Å². The highest BCUT2D eigenvalue weighted by atomic mass is 16.6. The molecular weight excluding hydrogens is 208 g/mol. The van der Waals surface area contributed by atoms with E-state index in [1.54, 1.807) is 6.07 Å². The van der Waals surface area contributed by atoms with Crippen molar-refractivity contribution in [2.24, 2.45) is 0 Å². The van der Waals surface area contributed by atoms with Gasteiger partial charge in [0.25, 0.3) is 0 Å². The van der Waals surface area contributed by atoms with Crippen LogP contribution in [0.2, 0.25) is 0 Å². The average molecular weight is 220 g/mol. The van der Waals surface area contributed by atoms with Crippen LogP contribution in [-0.2, 0) is 0 Å². The van der Waals surface area contributed by atoms with Gasteiger partial charge in [0, 0.05) is 0 Å². The molecule has 0 bridgehead atoms. The third kappa shape index (κ3) is 1.50. The maximum atomic E-state index is 11.1. The zero-order chi connectivity index (χ0) is 11.1. The standard InChI is InChI=1S/C12H12O4/c13-12(14)9-6-11-10(15-3-4-16-11)5-8(9)7-1-2-7/h5-7H,1-4H2,(H,13,14). The quantitative estimate of drug-likeness (QED) is 0.828. The maximum absolute atomic E-state index is 11.1. The molecule has 1 aromatic carbocycles. The van der Waals surface area contributed by atoms with E-state index >= 15 is 0 Å². The SMILES string of the molecule is O=C(O)c1cc2c(cc1C1CC1)OCCO2. The molecule has 0 spiro atoms. The number of carbonyl (C=O) groups is 1. The van der Waals surface area contributed by atoms with Crippen LogP contribution < -0.4 is 9.47 Å². The molecule has 0 atom stereocenters. The molecule has 0 radical (unpaired) electrons. The Hall–Kier alpha value is -1.71. The van der Waals surface area contributed by atoms with Crippen molar-refractivity contribution in [3.63, 3.8) is 0 Å². The number of benzene rings is 1. The smallest absolute Gasteiger partial charge is 0.336 e. The van der Waals surface area contributed by atoms with Gasteiger partial charge in [0.05, 0.1) is 5.56 Å². The highest BCUT2D eigenvalue weighted by molar-refractivity contribution is 5.91. The molecule has 16 heavy (non-hydrogen) atoms. The number of carboxylic acid groups (broad SMARTS) is 1. The summed E-state index contributed by atoms with van der Waals surface area (Å²) in [7, 11) is 0. The van der Waals surface area contributed by atoms with E-state index in [1.807, 2.05) is 6.07 Å². The Kier molecular flexibility index (Phi) is 2.02. The highest BCUT2D eigenvalue weighted by Gasteiger charge is 2.30. The van der Waals surface area contributed by atoms with Crippen LogP contribution in [0.15, 0.2) is 12.1 Å². The Morgan fingerprint density at radius 2 is 1.81 bits per heavy atom. The summed E-state index contributed by atoms with van der Waals surface area (Å²) in [5.41, 5.74) is 1.24. The first-order chi connectivity index (χ1) is 7.75. The fourth-order valence-corrected chi connectivity index (χ4v) is 2.02. The lowest BCUT2D eigenvalue weighted by Gasteiger charge is -2.20. The molecule has 0 saturated heterocycles. The van der Waals surface area contributed by atoms with Gasteiger partial charge in [-0.2, -0.15) is 0 Å². The van der Waals surface area contributed by atoms with E-state index in [9.17, 15) is 4.79 Å². The zero-order valence-corrected chi connectivity index (χ0v) is 8.73. The second-order valence-corrected chi connectivity index (χ2v) is 4.16. The second-order valence-electron chi connectivity index (χ2n) is 4.16. The minimum atomic E-state index is -0.890. The molecule has 1 heterocycles. The van der Waals surface area contributed by atoms with Gasteiger partial charge in [0.15, 0.2) is 11.5 Å². The van der Waals surface area contributed by atoms with Crippen LogP contribution >= 0.6 is 0 Å². The van der Waals surface area contributed by atoms with Crippen molar-refractivity contribution in [2.75, 3.05) is 13.2 Å². The number of aromatic carboxylic acids is 1. The van der Waals surface area contributed by atoms with E-state index in [0.29, 0.717) is 36.2 Å². The lowest BCUT2D eigenvalue weighted by molar-refractivity contribution is 0.0694. The van der Waals surface area contributed by atoms with Gasteiger partial charge in [-0.05, 0) is 36.5 Å². The number of hydrogen-bond acceptors (Lipinski definition) is 3. The number of hydrogen-bond donors (Lipinski definition) is 1. The monoisotopic (exact) mass is 220 g/mol. The van der Waals surface area contributed by atoms with Gasteiger partial charge in [0.2, 0.25) is 0 Å². The first-order valence-electron chi connectivity index (χ1n) is 5.42. The molecule has 2 aliphatic rings. The predicted molar refractivity (Wildman–Crippen MR) is 56.4 cm³/mol. The maximum Gasteiger partial charge on any atom is 0.336 e. The minimum absolute atomic E-state index is 0.353. The van der Waals surface area contributed by atoms with E-state index in [2.05, 4.69) is 0 Å². The van der Waals surface area contributed by atoms with E-state index < -0.39 is 5.97 Å². The second kappa shape index (κ2) is 3.40. The van der Waals surface area contributed by atoms with E-state index in [-0.39, 0.29) is 0 Å². The number of fused-ring (bicyclic) bond motifs is 1. The van der Waals surface area contributed by atoms with E-state index in [0.717, 1.165) is 18.4 Å². The van der Waals surface area contributed by atoms with Gasteiger partial charge in [0.1, 0.15) is 13.2 Å².